The van der Waals surface area contributed by atoms with Gasteiger partial charge in [0.25, 0.3) is 0 Å². The highest BCUT2D eigenvalue weighted by atomic mass is 28.3. The summed E-state index contributed by atoms with van der Waals surface area (Å²) in [4.78, 5) is 3.64. The predicted octanol–water partition coefficient (Wildman–Crippen LogP) is 3.38. The molecule has 0 bridgehead atoms. The van der Waals surface area contributed by atoms with Crippen LogP contribution in [-0.2, 0) is 0 Å². The van der Waals surface area contributed by atoms with E-state index in [9.17, 15) is 0 Å². The third-order valence-corrected chi connectivity index (χ3v) is 3.25. The normalized spacial score (nSPS) is 12.0. The third kappa shape index (κ3) is 10.2. The molecule has 0 aliphatic carbocycles. The molecule has 0 aromatic carbocycles. The minimum atomic E-state index is -0.976. The van der Waals surface area contributed by atoms with Gasteiger partial charge < -0.3 is 4.98 Å². The summed E-state index contributed by atoms with van der Waals surface area (Å²) in [6.07, 6.45) is 6.95. The summed E-state index contributed by atoms with van der Waals surface area (Å²) in [6.45, 7) is 10.6. The van der Waals surface area contributed by atoms with E-state index >= 15 is 0 Å². The number of hydrogen-bond acceptors (Lipinski definition) is 1. The van der Waals surface area contributed by atoms with Crippen molar-refractivity contribution in [2.45, 2.75) is 58.7 Å². The van der Waals surface area contributed by atoms with Crippen LogP contribution in [0.2, 0.25) is 19.6 Å². The Balaban J connectivity index is 3.01. The summed E-state index contributed by atoms with van der Waals surface area (Å²) in [7, 11) is -0.976. The van der Waals surface area contributed by atoms with E-state index in [0.717, 1.165) is 0 Å². The van der Waals surface area contributed by atoms with Crippen molar-refractivity contribution in [2.75, 3.05) is 6.54 Å². The second-order valence-corrected chi connectivity index (χ2v) is 9.44. The molecular formula is C10H25NSi. The molecule has 0 rings (SSSR count). The van der Waals surface area contributed by atoms with Crippen LogP contribution in [0, 0.1) is 0 Å². The van der Waals surface area contributed by atoms with Gasteiger partial charge in [0.1, 0.15) is 8.24 Å². The molecule has 0 amide bonds. The molecule has 0 aliphatic heterocycles. The number of nitrogens with one attached hydrogen (secondary N) is 1. The Bertz CT molecular complexity index is 96.5. The molecule has 2 heteroatoms. The van der Waals surface area contributed by atoms with Gasteiger partial charge in [-0.25, -0.2) is 0 Å². The monoisotopic (exact) mass is 187 g/mol. The van der Waals surface area contributed by atoms with Crippen LogP contribution >= 0.6 is 0 Å². The first-order valence-electron chi connectivity index (χ1n) is 5.31. The van der Waals surface area contributed by atoms with Gasteiger partial charge in [0.05, 0.1) is 0 Å². The standard InChI is InChI=1S/C10H25NSi/c1-5-6-7-8-9-10-11-12(2,3)4/h11H,5-10H2,1-4H3. The van der Waals surface area contributed by atoms with Gasteiger partial charge in [0, 0.05) is 0 Å². The second kappa shape index (κ2) is 6.67. The Morgan fingerprint density at radius 3 is 2.00 bits per heavy atom. The van der Waals surface area contributed by atoms with E-state index in [0.29, 0.717) is 0 Å². The molecular weight excluding hydrogens is 162 g/mol. The van der Waals surface area contributed by atoms with Crippen molar-refractivity contribution in [1.82, 2.24) is 4.98 Å². The lowest BCUT2D eigenvalue weighted by Crippen LogP contribution is -2.41. The van der Waals surface area contributed by atoms with Gasteiger partial charge in [0.15, 0.2) is 0 Å². The molecule has 74 valence electrons. The molecule has 0 fully saturated rings. The van der Waals surface area contributed by atoms with Gasteiger partial charge in [-0.1, -0.05) is 52.2 Å². The van der Waals surface area contributed by atoms with Gasteiger partial charge >= 0.3 is 0 Å². The van der Waals surface area contributed by atoms with E-state index in [1.165, 1.54) is 38.6 Å². The molecule has 0 saturated heterocycles. The summed E-state index contributed by atoms with van der Waals surface area (Å²) >= 11 is 0. The van der Waals surface area contributed by atoms with Crippen molar-refractivity contribution in [3.8, 4) is 0 Å². The minimum Gasteiger partial charge on any atom is -0.337 e. The Morgan fingerprint density at radius 1 is 0.917 bits per heavy atom. The fourth-order valence-electron chi connectivity index (χ4n) is 1.19. The first-order chi connectivity index (χ1) is 5.56. The van der Waals surface area contributed by atoms with Crippen molar-refractivity contribution in [2.24, 2.45) is 0 Å². The fourth-order valence-corrected chi connectivity index (χ4v) is 2.12. The van der Waals surface area contributed by atoms with Gasteiger partial charge in [0.2, 0.25) is 0 Å². The van der Waals surface area contributed by atoms with Crippen LogP contribution in [0.15, 0.2) is 0 Å². The molecule has 0 heterocycles. The average molecular weight is 187 g/mol. The number of unbranched alkanes of at least 4 members (excludes halogenated alkanes) is 4. The first-order valence-corrected chi connectivity index (χ1v) is 8.81. The lowest BCUT2D eigenvalue weighted by atomic mass is 10.2. The van der Waals surface area contributed by atoms with Crippen molar-refractivity contribution < 1.29 is 0 Å². The lowest BCUT2D eigenvalue weighted by Gasteiger charge is -2.17. The van der Waals surface area contributed by atoms with Gasteiger partial charge in [-0.3, -0.25) is 0 Å². The van der Waals surface area contributed by atoms with Crippen molar-refractivity contribution in [3.63, 3.8) is 0 Å². The number of rotatable bonds is 7. The van der Waals surface area contributed by atoms with Gasteiger partial charge in [-0.2, -0.15) is 0 Å². The van der Waals surface area contributed by atoms with E-state index in [1.807, 2.05) is 0 Å². The van der Waals surface area contributed by atoms with Crippen LogP contribution in [0.3, 0.4) is 0 Å². The zero-order valence-electron chi connectivity index (χ0n) is 9.24. The zero-order valence-corrected chi connectivity index (χ0v) is 10.2. The molecule has 0 aromatic heterocycles. The van der Waals surface area contributed by atoms with E-state index in [4.69, 9.17) is 0 Å². The lowest BCUT2D eigenvalue weighted by molar-refractivity contribution is 0.624. The number of hydrogen-bond donors (Lipinski definition) is 1. The Morgan fingerprint density at radius 2 is 1.50 bits per heavy atom. The SMILES string of the molecule is CCCCCCCN[Si](C)(C)C. The smallest absolute Gasteiger partial charge is 0.116 e. The topological polar surface area (TPSA) is 12.0 Å². The summed E-state index contributed by atoms with van der Waals surface area (Å²) in [5.74, 6) is 0. The van der Waals surface area contributed by atoms with Crippen LogP contribution < -0.4 is 4.98 Å². The maximum atomic E-state index is 3.64. The van der Waals surface area contributed by atoms with Crippen LogP contribution in [0.1, 0.15) is 39.0 Å². The molecule has 12 heavy (non-hydrogen) atoms. The highest BCUT2D eigenvalue weighted by molar-refractivity contribution is 6.73. The van der Waals surface area contributed by atoms with Crippen LogP contribution in [-0.4, -0.2) is 14.8 Å². The summed E-state index contributed by atoms with van der Waals surface area (Å²) in [5.41, 5.74) is 0. The van der Waals surface area contributed by atoms with E-state index in [2.05, 4.69) is 31.5 Å². The molecule has 1 N–H and O–H groups in total. The van der Waals surface area contributed by atoms with E-state index in [1.54, 1.807) is 0 Å². The predicted molar refractivity (Wildman–Crippen MR) is 60.1 cm³/mol. The summed E-state index contributed by atoms with van der Waals surface area (Å²) < 4.78 is 0. The highest BCUT2D eigenvalue weighted by Crippen LogP contribution is 2.02. The Kier molecular flexibility index (Phi) is 6.77. The highest BCUT2D eigenvalue weighted by Gasteiger charge is 2.10. The van der Waals surface area contributed by atoms with Crippen molar-refractivity contribution in [1.29, 1.82) is 0 Å². The molecule has 0 saturated carbocycles. The summed E-state index contributed by atoms with van der Waals surface area (Å²) in [6, 6.07) is 0. The van der Waals surface area contributed by atoms with Crippen LogP contribution in [0.5, 0.6) is 0 Å². The van der Waals surface area contributed by atoms with Gasteiger partial charge in [-0.05, 0) is 13.0 Å². The van der Waals surface area contributed by atoms with Crippen LogP contribution in [0.25, 0.3) is 0 Å². The molecule has 1 nitrogen and oxygen atoms in total. The molecule has 0 unspecified atom stereocenters. The van der Waals surface area contributed by atoms with Crippen molar-refractivity contribution in [3.05, 3.63) is 0 Å². The minimum absolute atomic E-state index is 0.976. The zero-order chi connectivity index (χ0) is 9.45. The Hall–Kier alpha value is 0.177. The molecule has 0 spiro atoms. The Labute approximate surface area is 79.0 Å². The first kappa shape index (κ1) is 12.2. The molecule has 0 radical (unpaired) electrons. The van der Waals surface area contributed by atoms with E-state index < -0.39 is 8.24 Å². The maximum absolute atomic E-state index is 3.64. The fraction of sp³-hybridized carbons (Fsp3) is 1.00. The van der Waals surface area contributed by atoms with Crippen LogP contribution in [0.4, 0.5) is 0 Å². The third-order valence-electron chi connectivity index (χ3n) is 1.94. The molecule has 0 atom stereocenters. The van der Waals surface area contributed by atoms with Crippen molar-refractivity contribution >= 4 is 8.24 Å². The largest absolute Gasteiger partial charge is 0.337 e. The average Bonchev–Trinajstić information content (AvgIpc) is 1.94. The van der Waals surface area contributed by atoms with Gasteiger partial charge in [-0.15, -0.1) is 0 Å². The maximum Gasteiger partial charge on any atom is 0.116 e. The van der Waals surface area contributed by atoms with E-state index in [-0.39, 0.29) is 0 Å². The summed E-state index contributed by atoms with van der Waals surface area (Å²) in [5, 5.41) is 0. The second-order valence-electron chi connectivity index (χ2n) is 4.59. The quantitative estimate of drug-likeness (QED) is 0.476. The molecule has 0 aliphatic rings. The molecule has 0 aromatic rings.